The summed E-state index contributed by atoms with van der Waals surface area (Å²) in [5, 5.41) is 13.5. The van der Waals surface area contributed by atoms with Gasteiger partial charge in [-0.1, -0.05) is 23.4 Å². The molecular formula is C21H23ClN2O5. The molecule has 8 heteroatoms. The molecule has 29 heavy (non-hydrogen) atoms. The summed E-state index contributed by atoms with van der Waals surface area (Å²) in [4.78, 5) is 28.0. The fourth-order valence-electron chi connectivity index (χ4n) is 3.26. The summed E-state index contributed by atoms with van der Waals surface area (Å²) in [5.74, 6) is -1.24. The van der Waals surface area contributed by atoms with E-state index < -0.39 is 23.5 Å². The van der Waals surface area contributed by atoms with Gasteiger partial charge in [-0.25, -0.2) is 0 Å². The highest BCUT2D eigenvalue weighted by molar-refractivity contribution is 6.46. The van der Waals surface area contributed by atoms with Gasteiger partial charge >= 0.3 is 0 Å². The van der Waals surface area contributed by atoms with Crippen LogP contribution < -0.4 is 14.7 Å². The first-order chi connectivity index (χ1) is 13.8. The molecule has 1 fully saturated rings. The lowest BCUT2D eigenvalue weighted by atomic mass is 9.99. The van der Waals surface area contributed by atoms with E-state index in [-0.39, 0.29) is 16.2 Å². The van der Waals surface area contributed by atoms with Crippen LogP contribution in [0.3, 0.4) is 0 Å². The van der Waals surface area contributed by atoms with Gasteiger partial charge in [-0.2, -0.15) is 0 Å². The quantitative estimate of drug-likeness (QED) is 0.406. The minimum absolute atomic E-state index is 0.126. The number of likely N-dealkylation sites (tertiary alicyclic amines) is 1. The van der Waals surface area contributed by atoms with Gasteiger partial charge in [0.25, 0.3) is 5.91 Å². The number of ether oxygens (including phenoxy) is 1. The van der Waals surface area contributed by atoms with Gasteiger partial charge in [0.1, 0.15) is 17.6 Å². The SMILES string of the molecule is CCOc1ccc(C([O-])=C2C(=O)C(=O)N(CC[NH+](C)C)C2c2ccco2)cc1Cl. The number of hydrogen-bond donors (Lipinski definition) is 1. The van der Waals surface area contributed by atoms with Crippen molar-refractivity contribution in [3.63, 3.8) is 0 Å². The molecule has 1 aromatic carbocycles. The number of hydrogen-bond acceptors (Lipinski definition) is 5. The zero-order valence-corrected chi connectivity index (χ0v) is 17.3. The first kappa shape index (κ1) is 21.0. The average Bonchev–Trinajstić information content (AvgIpc) is 3.29. The van der Waals surface area contributed by atoms with Gasteiger partial charge in [0.05, 0.1) is 45.1 Å². The van der Waals surface area contributed by atoms with E-state index >= 15 is 0 Å². The van der Waals surface area contributed by atoms with Crippen LogP contribution in [0.25, 0.3) is 5.76 Å². The normalized spacial score (nSPS) is 18.7. The van der Waals surface area contributed by atoms with E-state index in [1.165, 1.54) is 23.3 Å². The van der Waals surface area contributed by atoms with Crippen LogP contribution in [0.4, 0.5) is 0 Å². The predicted octanol–water partition coefficient (Wildman–Crippen LogP) is 0.700. The molecule has 1 aromatic heterocycles. The van der Waals surface area contributed by atoms with E-state index in [9.17, 15) is 14.7 Å². The van der Waals surface area contributed by atoms with Gasteiger partial charge < -0.3 is 24.1 Å². The van der Waals surface area contributed by atoms with Crippen molar-refractivity contribution in [3.8, 4) is 5.75 Å². The molecule has 154 valence electrons. The fraction of sp³-hybridized carbons (Fsp3) is 0.333. The number of halogens is 1. The zero-order valence-electron chi connectivity index (χ0n) is 16.5. The molecule has 3 rings (SSSR count). The Hall–Kier alpha value is -2.77. The van der Waals surface area contributed by atoms with Gasteiger partial charge in [0.15, 0.2) is 0 Å². The zero-order chi connectivity index (χ0) is 21.1. The van der Waals surface area contributed by atoms with Crippen LogP contribution in [-0.4, -0.2) is 50.4 Å². The second-order valence-electron chi connectivity index (χ2n) is 7.02. The smallest absolute Gasteiger partial charge is 0.295 e. The number of furan rings is 1. The van der Waals surface area contributed by atoms with Gasteiger partial charge in [0, 0.05) is 5.57 Å². The van der Waals surface area contributed by atoms with Crippen LogP contribution >= 0.6 is 11.6 Å². The fourth-order valence-corrected chi connectivity index (χ4v) is 3.49. The van der Waals surface area contributed by atoms with Gasteiger partial charge in [0.2, 0.25) is 5.78 Å². The molecule has 7 nitrogen and oxygen atoms in total. The molecule has 0 bridgehead atoms. The Bertz CT molecular complexity index is 937. The first-order valence-electron chi connectivity index (χ1n) is 9.36. The second kappa shape index (κ2) is 8.71. The van der Waals surface area contributed by atoms with E-state index in [2.05, 4.69) is 0 Å². The monoisotopic (exact) mass is 418 g/mol. The molecule has 0 radical (unpaired) electrons. The van der Waals surface area contributed by atoms with Crippen molar-refractivity contribution in [2.24, 2.45) is 0 Å². The minimum atomic E-state index is -0.859. The summed E-state index contributed by atoms with van der Waals surface area (Å²) in [6.07, 6.45) is 1.45. The Morgan fingerprint density at radius 3 is 2.66 bits per heavy atom. The number of nitrogens with one attached hydrogen (secondary N) is 1. The van der Waals surface area contributed by atoms with Gasteiger partial charge in [-0.15, -0.1) is 0 Å². The molecular weight excluding hydrogens is 396 g/mol. The lowest BCUT2D eigenvalue weighted by Crippen LogP contribution is -3.06. The summed E-state index contributed by atoms with van der Waals surface area (Å²) in [5.41, 5.74) is 0.0881. The molecule has 1 N–H and O–H groups in total. The Balaban J connectivity index is 2.08. The number of Topliss-reactive ketones (excluding diaryl/α,β-unsaturated/α-hetero) is 1. The van der Waals surface area contributed by atoms with Crippen molar-refractivity contribution >= 4 is 29.1 Å². The second-order valence-corrected chi connectivity index (χ2v) is 7.43. The molecule has 2 heterocycles. The third kappa shape index (κ3) is 4.16. The number of carbonyl (C=O) groups excluding carboxylic acids is 2. The van der Waals surface area contributed by atoms with E-state index in [1.54, 1.807) is 18.2 Å². The average molecular weight is 419 g/mol. The summed E-state index contributed by atoms with van der Waals surface area (Å²) in [6, 6.07) is 7.03. The van der Waals surface area contributed by atoms with Crippen molar-refractivity contribution in [3.05, 3.63) is 58.5 Å². The van der Waals surface area contributed by atoms with Gasteiger partial charge in [-0.3, -0.25) is 9.59 Å². The highest BCUT2D eigenvalue weighted by Gasteiger charge is 2.45. The number of carbonyl (C=O) groups is 2. The lowest BCUT2D eigenvalue weighted by molar-refractivity contribution is -0.857. The topological polar surface area (TPSA) is 87.2 Å². The Morgan fingerprint density at radius 2 is 2.07 bits per heavy atom. The van der Waals surface area contributed by atoms with Crippen LogP contribution in [0.1, 0.15) is 24.3 Å². The van der Waals surface area contributed by atoms with E-state index in [1.807, 2.05) is 21.0 Å². The van der Waals surface area contributed by atoms with Crippen molar-refractivity contribution in [2.75, 3.05) is 33.8 Å². The Kier molecular flexibility index (Phi) is 6.30. The maximum Gasteiger partial charge on any atom is 0.295 e. The van der Waals surface area contributed by atoms with Crippen LogP contribution in [0.5, 0.6) is 5.75 Å². The number of likely N-dealkylation sites (N-methyl/N-ethyl adjacent to an activating group) is 1. The molecule has 1 unspecified atom stereocenters. The standard InChI is InChI=1S/C21H23ClN2O5/c1-4-28-15-8-7-13(12-14(15)22)19(25)17-18(16-6-5-11-29-16)24(10-9-23(2)3)21(27)20(17)26/h5-8,11-12,18,25H,4,9-10H2,1-3H3. The van der Waals surface area contributed by atoms with E-state index in [4.69, 9.17) is 20.8 Å². The molecule has 1 saturated heterocycles. The number of quaternary nitrogens is 1. The molecule has 1 amide bonds. The number of benzene rings is 1. The largest absolute Gasteiger partial charge is 0.872 e. The van der Waals surface area contributed by atoms with Gasteiger partial charge in [-0.05, 0) is 36.8 Å². The summed E-state index contributed by atoms with van der Waals surface area (Å²) in [7, 11) is 3.89. The van der Waals surface area contributed by atoms with Crippen LogP contribution in [-0.2, 0) is 9.59 Å². The third-order valence-electron chi connectivity index (χ3n) is 4.69. The van der Waals surface area contributed by atoms with E-state index in [0.29, 0.717) is 31.2 Å². The number of rotatable bonds is 7. The Morgan fingerprint density at radius 1 is 1.31 bits per heavy atom. The number of amides is 1. The lowest BCUT2D eigenvalue weighted by Gasteiger charge is -2.26. The van der Waals surface area contributed by atoms with Crippen molar-refractivity contribution in [1.29, 1.82) is 0 Å². The van der Waals surface area contributed by atoms with Crippen molar-refractivity contribution < 1.29 is 28.7 Å². The highest BCUT2D eigenvalue weighted by Crippen LogP contribution is 2.39. The molecule has 1 atom stereocenters. The number of ketones is 1. The summed E-state index contributed by atoms with van der Waals surface area (Å²) >= 11 is 6.20. The van der Waals surface area contributed by atoms with Crippen LogP contribution in [0.2, 0.25) is 5.02 Å². The highest BCUT2D eigenvalue weighted by atomic mass is 35.5. The molecule has 1 aliphatic heterocycles. The summed E-state index contributed by atoms with van der Waals surface area (Å²) in [6.45, 7) is 3.19. The predicted molar refractivity (Wildman–Crippen MR) is 105 cm³/mol. The van der Waals surface area contributed by atoms with Crippen LogP contribution in [0, 0.1) is 0 Å². The maximum absolute atomic E-state index is 13.2. The maximum atomic E-state index is 13.2. The molecule has 0 saturated carbocycles. The minimum Gasteiger partial charge on any atom is -0.872 e. The van der Waals surface area contributed by atoms with Crippen LogP contribution in [0.15, 0.2) is 46.6 Å². The summed E-state index contributed by atoms with van der Waals surface area (Å²) < 4.78 is 10.9. The molecule has 0 spiro atoms. The Labute approximate surface area is 174 Å². The third-order valence-corrected chi connectivity index (χ3v) is 4.98. The van der Waals surface area contributed by atoms with E-state index in [0.717, 1.165) is 4.90 Å². The first-order valence-corrected chi connectivity index (χ1v) is 9.74. The molecule has 2 aromatic rings. The molecule has 1 aliphatic rings. The number of nitrogens with zero attached hydrogens (tertiary/aromatic N) is 1. The van der Waals surface area contributed by atoms with Crippen molar-refractivity contribution in [1.82, 2.24) is 4.90 Å². The molecule has 0 aliphatic carbocycles. The van der Waals surface area contributed by atoms with Crippen molar-refractivity contribution in [2.45, 2.75) is 13.0 Å².